The molecule has 3 nitrogen and oxygen atoms in total. The Morgan fingerprint density at radius 1 is 1.67 bits per heavy atom. The molecule has 1 rings (SSSR count). The molecule has 0 aliphatic carbocycles. The summed E-state index contributed by atoms with van der Waals surface area (Å²) in [6.45, 7) is 2.04. The van der Waals surface area contributed by atoms with Gasteiger partial charge in [0.2, 0.25) is 0 Å². The lowest BCUT2D eigenvalue weighted by Crippen LogP contribution is -2.14. The van der Waals surface area contributed by atoms with E-state index in [1.807, 2.05) is 0 Å². The highest BCUT2D eigenvalue weighted by Crippen LogP contribution is 2.06. The Hall–Kier alpha value is -0.120. The van der Waals surface area contributed by atoms with Gasteiger partial charge >= 0.3 is 0 Å². The molecule has 3 heteroatoms. The van der Waals surface area contributed by atoms with Crippen molar-refractivity contribution in [1.82, 2.24) is 0 Å². The molecule has 1 fully saturated rings. The molecule has 1 aliphatic heterocycles. The molecule has 0 aromatic rings. The van der Waals surface area contributed by atoms with Crippen molar-refractivity contribution in [3.63, 3.8) is 0 Å². The van der Waals surface area contributed by atoms with E-state index in [0.29, 0.717) is 13.2 Å². The minimum Gasteiger partial charge on any atom is -0.394 e. The molecule has 0 radical (unpaired) electrons. The van der Waals surface area contributed by atoms with Gasteiger partial charge < -0.3 is 14.6 Å². The van der Waals surface area contributed by atoms with Crippen LogP contribution in [-0.4, -0.2) is 37.6 Å². The Morgan fingerprint density at radius 3 is 3.11 bits per heavy atom. The third-order valence-corrected chi connectivity index (χ3v) is 1.33. The summed E-state index contributed by atoms with van der Waals surface area (Å²) in [7, 11) is 0. The predicted molar refractivity (Wildman–Crippen MR) is 32.3 cm³/mol. The molecule has 0 amide bonds. The Labute approximate surface area is 54.6 Å². The molecule has 1 aliphatic rings. The molecule has 0 saturated carbocycles. The fourth-order valence-corrected chi connectivity index (χ4v) is 0.864. The van der Waals surface area contributed by atoms with Crippen LogP contribution in [0.3, 0.4) is 0 Å². The molecule has 0 unspecified atom stereocenters. The van der Waals surface area contributed by atoms with Crippen molar-refractivity contribution in [2.75, 3.05) is 26.4 Å². The molecule has 0 bridgehead atoms. The fraction of sp³-hybridized carbons (Fsp3) is 1.00. The van der Waals surface area contributed by atoms with Gasteiger partial charge in [0.25, 0.3) is 0 Å². The first kappa shape index (κ1) is 6.99. The molecule has 1 heterocycles. The van der Waals surface area contributed by atoms with Crippen LogP contribution in [0.5, 0.6) is 0 Å². The highest BCUT2D eigenvalue weighted by atomic mass is 16.5. The van der Waals surface area contributed by atoms with Gasteiger partial charge in [-0.05, 0) is 6.42 Å². The number of hydrogen-bond donors (Lipinski definition) is 1. The third kappa shape index (κ3) is 2.30. The molecule has 54 valence electrons. The van der Waals surface area contributed by atoms with Gasteiger partial charge in [0.05, 0.1) is 25.9 Å². The van der Waals surface area contributed by atoms with E-state index >= 15 is 0 Å². The molecular formula is C6H12O3. The maximum atomic E-state index is 8.36. The van der Waals surface area contributed by atoms with Crippen LogP contribution in [0.2, 0.25) is 0 Å². The van der Waals surface area contributed by atoms with Crippen molar-refractivity contribution in [3.8, 4) is 0 Å². The predicted octanol–water partition coefficient (Wildman–Crippen LogP) is -0.216. The number of hydrogen-bond acceptors (Lipinski definition) is 3. The van der Waals surface area contributed by atoms with Gasteiger partial charge in [-0.15, -0.1) is 0 Å². The monoisotopic (exact) mass is 132 g/mol. The second-order valence-corrected chi connectivity index (χ2v) is 2.08. The summed E-state index contributed by atoms with van der Waals surface area (Å²) >= 11 is 0. The van der Waals surface area contributed by atoms with Crippen molar-refractivity contribution >= 4 is 0 Å². The molecule has 9 heavy (non-hydrogen) atoms. The lowest BCUT2D eigenvalue weighted by atomic mass is 10.3. The Morgan fingerprint density at radius 2 is 2.56 bits per heavy atom. The third-order valence-electron chi connectivity index (χ3n) is 1.33. The zero-order chi connectivity index (χ0) is 6.53. The van der Waals surface area contributed by atoms with Gasteiger partial charge in [-0.2, -0.15) is 0 Å². The molecule has 1 atom stereocenters. The summed E-state index contributed by atoms with van der Waals surface area (Å²) < 4.78 is 10.2. The maximum Gasteiger partial charge on any atom is 0.0831 e. The summed E-state index contributed by atoms with van der Waals surface area (Å²) in [6.07, 6.45) is 1.21. The number of rotatable bonds is 3. The largest absolute Gasteiger partial charge is 0.394 e. The van der Waals surface area contributed by atoms with Crippen LogP contribution in [-0.2, 0) is 9.47 Å². The van der Waals surface area contributed by atoms with E-state index in [0.717, 1.165) is 13.0 Å². The zero-order valence-corrected chi connectivity index (χ0v) is 5.38. The van der Waals surface area contributed by atoms with E-state index in [-0.39, 0.29) is 12.7 Å². The van der Waals surface area contributed by atoms with E-state index in [9.17, 15) is 0 Å². The van der Waals surface area contributed by atoms with Crippen LogP contribution >= 0.6 is 0 Å². The zero-order valence-electron chi connectivity index (χ0n) is 5.38. The van der Waals surface area contributed by atoms with Crippen molar-refractivity contribution < 1.29 is 14.6 Å². The smallest absolute Gasteiger partial charge is 0.0831 e. The molecule has 1 saturated heterocycles. The van der Waals surface area contributed by atoms with Crippen molar-refractivity contribution in [2.24, 2.45) is 0 Å². The van der Waals surface area contributed by atoms with Crippen molar-refractivity contribution in [2.45, 2.75) is 12.5 Å². The fourth-order valence-electron chi connectivity index (χ4n) is 0.864. The minimum atomic E-state index is 0.108. The topological polar surface area (TPSA) is 38.7 Å². The van der Waals surface area contributed by atoms with Gasteiger partial charge in [0.15, 0.2) is 0 Å². The lowest BCUT2D eigenvalue weighted by molar-refractivity contribution is 0.0222. The number of aliphatic hydroxyl groups excluding tert-OH is 1. The van der Waals surface area contributed by atoms with Crippen molar-refractivity contribution in [1.29, 1.82) is 0 Å². The van der Waals surface area contributed by atoms with E-state index < -0.39 is 0 Å². The molecule has 0 spiro atoms. The van der Waals surface area contributed by atoms with Crippen LogP contribution in [0.4, 0.5) is 0 Å². The second-order valence-electron chi connectivity index (χ2n) is 2.08. The maximum absolute atomic E-state index is 8.36. The lowest BCUT2D eigenvalue weighted by Gasteiger charge is -2.06. The van der Waals surface area contributed by atoms with Crippen LogP contribution in [0.25, 0.3) is 0 Å². The van der Waals surface area contributed by atoms with Gasteiger partial charge in [-0.3, -0.25) is 0 Å². The SMILES string of the molecule is OCCO[C@@H]1CCOC1. The van der Waals surface area contributed by atoms with E-state index in [4.69, 9.17) is 14.6 Å². The molecule has 1 N–H and O–H groups in total. The number of ether oxygens (including phenoxy) is 2. The summed E-state index contributed by atoms with van der Waals surface area (Å²) in [6, 6.07) is 0. The van der Waals surface area contributed by atoms with Gasteiger partial charge in [-0.25, -0.2) is 0 Å². The average Bonchev–Trinajstić information content (AvgIpc) is 2.34. The van der Waals surface area contributed by atoms with E-state index in [1.165, 1.54) is 0 Å². The minimum absolute atomic E-state index is 0.108. The first-order valence-corrected chi connectivity index (χ1v) is 3.23. The van der Waals surface area contributed by atoms with Crippen LogP contribution in [0.15, 0.2) is 0 Å². The van der Waals surface area contributed by atoms with Gasteiger partial charge in [0.1, 0.15) is 0 Å². The first-order valence-electron chi connectivity index (χ1n) is 3.23. The Bertz CT molecular complexity index is 68.7. The van der Waals surface area contributed by atoms with Crippen molar-refractivity contribution in [3.05, 3.63) is 0 Å². The Balaban J connectivity index is 1.98. The summed E-state index contributed by atoms with van der Waals surface area (Å²) in [5.74, 6) is 0. The molecule has 0 aromatic carbocycles. The van der Waals surface area contributed by atoms with Crippen LogP contribution in [0.1, 0.15) is 6.42 Å². The number of aliphatic hydroxyl groups is 1. The van der Waals surface area contributed by atoms with E-state index in [2.05, 4.69) is 0 Å². The normalized spacial score (nSPS) is 27.0. The molecular weight excluding hydrogens is 120 g/mol. The summed E-state index contributed by atoms with van der Waals surface area (Å²) in [4.78, 5) is 0. The van der Waals surface area contributed by atoms with E-state index in [1.54, 1.807) is 0 Å². The summed E-state index contributed by atoms with van der Waals surface area (Å²) in [5, 5.41) is 8.36. The summed E-state index contributed by atoms with van der Waals surface area (Å²) in [5.41, 5.74) is 0. The van der Waals surface area contributed by atoms with Crippen LogP contribution < -0.4 is 0 Å². The average molecular weight is 132 g/mol. The highest BCUT2D eigenvalue weighted by Gasteiger charge is 2.14. The van der Waals surface area contributed by atoms with Crippen LogP contribution in [0, 0.1) is 0 Å². The quantitative estimate of drug-likeness (QED) is 0.577. The van der Waals surface area contributed by atoms with Gasteiger partial charge in [0, 0.05) is 6.61 Å². The molecule has 0 aromatic heterocycles. The standard InChI is InChI=1S/C6H12O3/c7-2-4-9-6-1-3-8-5-6/h6-7H,1-5H2/t6-/m1/s1. The highest BCUT2D eigenvalue weighted by molar-refractivity contribution is 4.62. The second kappa shape index (κ2) is 3.82. The Kier molecular flexibility index (Phi) is 2.97. The first-order chi connectivity index (χ1) is 4.43. The van der Waals surface area contributed by atoms with Gasteiger partial charge in [-0.1, -0.05) is 0 Å².